The van der Waals surface area contributed by atoms with Crippen LogP contribution in [0.4, 0.5) is 5.69 Å². The maximum absolute atomic E-state index is 12.9. The van der Waals surface area contributed by atoms with Gasteiger partial charge in [0, 0.05) is 28.8 Å². The highest BCUT2D eigenvalue weighted by molar-refractivity contribution is 7.88. The molecule has 0 unspecified atom stereocenters. The maximum Gasteiger partial charge on any atom is 0.228 e. The predicted octanol–water partition coefficient (Wildman–Crippen LogP) is 5.48. The molecule has 1 aliphatic heterocycles. The molecule has 3 rings (SSSR count). The van der Waals surface area contributed by atoms with Crippen molar-refractivity contribution in [2.24, 2.45) is 5.92 Å². The van der Waals surface area contributed by atoms with Gasteiger partial charge in [0.1, 0.15) is 0 Å². The molecule has 1 amide bonds. The van der Waals surface area contributed by atoms with Gasteiger partial charge in [0.15, 0.2) is 0 Å². The third-order valence-corrected chi connectivity index (χ3v) is 7.60. The molecule has 1 saturated heterocycles. The average molecular weight is 496 g/mol. The highest BCUT2D eigenvalue weighted by Crippen LogP contribution is 2.27. The zero-order valence-electron chi connectivity index (χ0n) is 15.2. The second kappa shape index (κ2) is 9.41. The summed E-state index contributed by atoms with van der Waals surface area (Å²) in [5.74, 6) is -0.940. The number of carbonyl (C=O) groups is 1. The highest BCUT2D eigenvalue weighted by Gasteiger charge is 2.32. The summed E-state index contributed by atoms with van der Waals surface area (Å²) >= 11 is 23.8. The number of hydrogen-bond acceptors (Lipinski definition) is 3. The lowest BCUT2D eigenvalue weighted by molar-refractivity contribution is -0.120. The predicted molar refractivity (Wildman–Crippen MR) is 118 cm³/mol. The van der Waals surface area contributed by atoms with Crippen molar-refractivity contribution in [2.75, 3.05) is 18.4 Å². The number of piperidine rings is 1. The first-order valence-electron chi connectivity index (χ1n) is 8.83. The summed E-state index contributed by atoms with van der Waals surface area (Å²) < 4.78 is 27.1. The van der Waals surface area contributed by atoms with Crippen LogP contribution in [0.25, 0.3) is 0 Å². The Balaban J connectivity index is 1.68. The van der Waals surface area contributed by atoms with Crippen molar-refractivity contribution in [2.45, 2.75) is 18.6 Å². The molecule has 0 aromatic heterocycles. The number of benzene rings is 2. The van der Waals surface area contributed by atoms with Crippen LogP contribution in [0.15, 0.2) is 36.4 Å². The Morgan fingerprint density at radius 1 is 1.03 bits per heavy atom. The van der Waals surface area contributed by atoms with Crippen molar-refractivity contribution < 1.29 is 13.2 Å². The monoisotopic (exact) mass is 494 g/mol. The van der Waals surface area contributed by atoms with Crippen LogP contribution in [0.3, 0.4) is 0 Å². The van der Waals surface area contributed by atoms with E-state index in [4.69, 9.17) is 46.4 Å². The molecule has 1 N–H and O–H groups in total. The molecular weight excluding hydrogens is 478 g/mol. The summed E-state index contributed by atoms with van der Waals surface area (Å²) in [6.45, 7) is 0.486. The van der Waals surface area contributed by atoms with Crippen LogP contribution < -0.4 is 5.32 Å². The Kier molecular flexibility index (Phi) is 7.36. The van der Waals surface area contributed by atoms with Gasteiger partial charge < -0.3 is 5.32 Å². The summed E-state index contributed by atoms with van der Waals surface area (Å²) in [5.41, 5.74) is 1.02. The minimum atomic E-state index is -3.61. The van der Waals surface area contributed by atoms with E-state index in [1.807, 2.05) is 0 Å². The summed E-state index contributed by atoms with van der Waals surface area (Å²) in [4.78, 5) is 12.7. The van der Waals surface area contributed by atoms with Crippen LogP contribution in [0.2, 0.25) is 20.1 Å². The molecular formula is C19H18Cl4N2O3S. The van der Waals surface area contributed by atoms with Gasteiger partial charge in [0.2, 0.25) is 15.9 Å². The minimum absolute atomic E-state index is 0.115. The first-order valence-corrected chi connectivity index (χ1v) is 11.9. The number of amides is 1. The normalized spacial score (nSPS) is 17.9. The number of sulfonamides is 1. The van der Waals surface area contributed by atoms with Gasteiger partial charge in [-0.25, -0.2) is 12.7 Å². The molecule has 5 nitrogen and oxygen atoms in total. The lowest BCUT2D eigenvalue weighted by Crippen LogP contribution is -2.44. The van der Waals surface area contributed by atoms with E-state index in [2.05, 4.69) is 5.32 Å². The SMILES string of the molecule is O=C(Nc1cc(Cl)cc(Cl)c1)[C@@H]1CCCN(S(=O)(=O)Cc2ccc(Cl)c(Cl)c2)C1. The van der Waals surface area contributed by atoms with Gasteiger partial charge in [-0.3, -0.25) is 4.79 Å². The number of hydrogen-bond donors (Lipinski definition) is 1. The molecule has 1 fully saturated rings. The number of rotatable bonds is 5. The van der Waals surface area contributed by atoms with E-state index >= 15 is 0 Å². The van der Waals surface area contributed by atoms with E-state index < -0.39 is 15.9 Å². The first kappa shape index (κ1) is 22.7. The van der Waals surface area contributed by atoms with Crippen molar-refractivity contribution in [3.63, 3.8) is 0 Å². The van der Waals surface area contributed by atoms with E-state index in [0.29, 0.717) is 50.7 Å². The molecule has 10 heteroatoms. The first-order chi connectivity index (χ1) is 13.6. The van der Waals surface area contributed by atoms with Crippen LogP contribution >= 0.6 is 46.4 Å². The van der Waals surface area contributed by atoms with Gasteiger partial charge in [-0.2, -0.15) is 0 Å². The fourth-order valence-electron chi connectivity index (χ4n) is 3.21. The van der Waals surface area contributed by atoms with Crippen LogP contribution in [0.5, 0.6) is 0 Å². The second-order valence-electron chi connectivity index (χ2n) is 6.85. The van der Waals surface area contributed by atoms with Crippen molar-refractivity contribution in [3.05, 3.63) is 62.1 Å². The third kappa shape index (κ3) is 6.00. The molecule has 2 aromatic carbocycles. The van der Waals surface area contributed by atoms with E-state index in [0.717, 1.165) is 0 Å². The van der Waals surface area contributed by atoms with E-state index in [-0.39, 0.29) is 18.2 Å². The van der Waals surface area contributed by atoms with E-state index in [1.165, 1.54) is 4.31 Å². The van der Waals surface area contributed by atoms with Crippen LogP contribution in [-0.2, 0) is 20.6 Å². The van der Waals surface area contributed by atoms with Crippen molar-refractivity contribution >= 4 is 68.0 Å². The van der Waals surface area contributed by atoms with Gasteiger partial charge in [0.05, 0.1) is 21.7 Å². The Morgan fingerprint density at radius 2 is 1.72 bits per heavy atom. The molecule has 0 spiro atoms. The zero-order valence-corrected chi connectivity index (χ0v) is 19.0. The molecule has 1 aliphatic rings. The number of nitrogens with one attached hydrogen (secondary N) is 1. The number of carbonyl (C=O) groups excluding carboxylic acids is 1. The van der Waals surface area contributed by atoms with Crippen molar-refractivity contribution in [1.82, 2.24) is 4.31 Å². The quantitative estimate of drug-likeness (QED) is 0.597. The van der Waals surface area contributed by atoms with E-state index in [1.54, 1.807) is 36.4 Å². The molecule has 1 atom stereocenters. The number of anilines is 1. The minimum Gasteiger partial charge on any atom is -0.326 e. The molecule has 0 radical (unpaired) electrons. The highest BCUT2D eigenvalue weighted by atomic mass is 35.5. The number of nitrogens with zero attached hydrogens (tertiary/aromatic N) is 1. The maximum atomic E-state index is 12.9. The standard InChI is InChI=1S/C19H18Cl4N2O3S/c20-14-7-15(21)9-16(8-14)24-19(26)13-2-1-5-25(10-13)29(27,28)11-12-3-4-17(22)18(23)6-12/h3-4,6-9,13H,1-2,5,10-11H2,(H,24,26)/t13-/m1/s1. The second-order valence-corrected chi connectivity index (χ2v) is 10.5. The lowest BCUT2D eigenvalue weighted by atomic mass is 9.99. The fourth-order valence-corrected chi connectivity index (χ4v) is 5.66. The van der Waals surface area contributed by atoms with Crippen molar-refractivity contribution in [1.29, 1.82) is 0 Å². The fraction of sp³-hybridized carbons (Fsp3) is 0.316. The Morgan fingerprint density at radius 3 is 2.38 bits per heavy atom. The van der Waals surface area contributed by atoms with Gasteiger partial charge in [-0.1, -0.05) is 52.5 Å². The molecule has 0 bridgehead atoms. The van der Waals surface area contributed by atoms with Gasteiger partial charge in [0.25, 0.3) is 0 Å². The molecule has 0 saturated carbocycles. The van der Waals surface area contributed by atoms with Crippen LogP contribution in [-0.4, -0.2) is 31.7 Å². The smallest absolute Gasteiger partial charge is 0.228 e. The summed E-state index contributed by atoms with van der Waals surface area (Å²) in [6.07, 6.45) is 1.19. The Hall–Kier alpha value is -1.02. The molecule has 2 aromatic rings. The molecule has 1 heterocycles. The zero-order chi connectivity index (χ0) is 21.2. The Bertz CT molecular complexity index is 1010. The summed E-state index contributed by atoms with van der Waals surface area (Å²) in [5, 5.41) is 4.24. The molecule has 29 heavy (non-hydrogen) atoms. The van der Waals surface area contributed by atoms with Crippen molar-refractivity contribution in [3.8, 4) is 0 Å². The summed E-state index contributed by atoms with van der Waals surface area (Å²) in [7, 11) is -3.61. The average Bonchev–Trinajstić information content (AvgIpc) is 2.64. The number of halogens is 4. The Labute approximate surface area is 189 Å². The molecule has 156 valence electrons. The van der Waals surface area contributed by atoms with Crippen LogP contribution in [0.1, 0.15) is 18.4 Å². The third-order valence-electron chi connectivity index (χ3n) is 4.61. The molecule has 0 aliphatic carbocycles. The topological polar surface area (TPSA) is 66.5 Å². The van der Waals surface area contributed by atoms with Crippen LogP contribution in [0, 0.1) is 5.92 Å². The summed E-state index contributed by atoms with van der Waals surface area (Å²) in [6, 6.07) is 9.48. The largest absolute Gasteiger partial charge is 0.326 e. The van der Waals surface area contributed by atoms with Gasteiger partial charge >= 0.3 is 0 Å². The van der Waals surface area contributed by atoms with E-state index in [9.17, 15) is 13.2 Å². The lowest BCUT2D eigenvalue weighted by Gasteiger charge is -2.31. The van der Waals surface area contributed by atoms with Gasteiger partial charge in [-0.15, -0.1) is 0 Å². The van der Waals surface area contributed by atoms with Gasteiger partial charge in [-0.05, 0) is 48.7 Å².